The van der Waals surface area contributed by atoms with Crippen LogP contribution in [-0.2, 0) is 12.8 Å². The molecule has 0 aromatic heterocycles. The molecule has 0 amide bonds. The van der Waals surface area contributed by atoms with Crippen LogP contribution in [0.5, 0.6) is 5.75 Å². The Hall–Kier alpha value is -3.86. The molecule has 4 aromatic rings. The molecule has 0 saturated heterocycles. The molecular weight excluding hydrogens is 473 g/mol. The topological polar surface area (TPSA) is 26.3 Å². The lowest BCUT2D eigenvalue weighted by molar-refractivity contribution is 0.0730. The van der Waals surface area contributed by atoms with Gasteiger partial charge in [-0.05, 0) is 65.8 Å². The highest BCUT2D eigenvalue weighted by Gasteiger charge is 2.18. The van der Waals surface area contributed by atoms with Crippen molar-refractivity contribution in [3.63, 3.8) is 0 Å². The second-order valence-corrected chi connectivity index (χ2v) is 9.07. The molecule has 190 valence electrons. The Bertz CT molecular complexity index is 1380. The van der Waals surface area contributed by atoms with Crippen LogP contribution in [0.3, 0.4) is 0 Å². The summed E-state index contributed by atoms with van der Waals surface area (Å²) in [6, 6.07) is 21.1. The Labute approximate surface area is 215 Å². The van der Waals surface area contributed by atoms with Gasteiger partial charge in [0.25, 0.3) is 0 Å². The highest BCUT2D eigenvalue weighted by molar-refractivity contribution is 5.91. The Morgan fingerprint density at radius 2 is 1.24 bits per heavy atom. The fraction of sp³-hybridized carbons (Fsp3) is 0.219. The van der Waals surface area contributed by atoms with E-state index in [9.17, 15) is 13.6 Å². The number of carbonyl (C=O) groups excluding carboxylic acids is 1. The van der Waals surface area contributed by atoms with Crippen LogP contribution in [0.15, 0.2) is 78.9 Å². The third-order valence-electron chi connectivity index (χ3n) is 6.33. The monoisotopic (exact) mass is 502 g/mol. The number of hydrogen-bond donors (Lipinski definition) is 0. The van der Waals surface area contributed by atoms with Crippen LogP contribution in [0.1, 0.15) is 54.6 Å². The van der Waals surface area contributed by atoms with Gasteiger partial charge in [-0.25, -0.2) is 18.0 Å². The molecule has 4 aromatic carbocycles. The van der Waals surface area contributed by atoms with Gasteiger partial charge >= 0.3 is 5.97 Å². The van der Waals surface area contributed by atoms with Crippen LogP contribution < -0.4 is 4.74 Å². The van der Waals surface area contributed by atoms with E-state index in [2.05, 4.69) is 13.8 Å². The lowest BCUT2D eigenvalue weighted by atomic mass is 9.97. The number of hydrogen-bond acceptors (Lipinski definition) is 2. The maximum Gasteiger partial charge on any atom is 0.346 e. The van der Waals surface area contributed by atoms with Crippen LogP contribution in [0, 0.1) is 17.5 Å². The van der Waals surface area contributed by atoms with Gasteiger partial charge in [0.2, 0.25) is 0 Å². The third-order valence-corrected chi connectivity index (χ3v) is 6.33. The molecule has 0 spiro atoms. The number of ether oxygens (including phenoxy) is 1. The average Bonchev–Trinajstić information content (AvgIpc) is 2.90. The first-order valence-corrected chi connectivity index (χ1v) is 12.6. The summed E-state index contributed by atoms with van der Waals surface area (Å²) in [7, 11) is 0. The van der Waals surface area contributed by atoms with Crippen molar-refractivity contribution in [2.24, 2.45) is 0 Å². The molecule has 0 unspecified atom stereocenters. The van der Waals surface area contributed by atoms with E-state index in [0.717, 1.165) is 43.2 Å². The highest BCUT2D eigenvalue weighted by atomic mass is 19.2. The van der Waals surface area contributed by atoms with Crippen LogP contribution in [0.2, 0.25) is 0 Å². The Balaban J connectivity index is 1.49. The van der Waals surface area contributed by atoms with Gasteiger partial charge in [-0.2, -0.15) is 0 Å². The van der Waals surface area contributed by atoms with E-state index in [0.29, 0.717) is 11.1 Å². The van der Waals surface area contributed by atoms with Crippen LogP contribution in [0.4, 0.5) is 13.2 Å². The minimum Gasteiger partial charge on any atom is -0.423 e. The molecular formula is C32H29F3O2. The van der Waals surface area contributed by atoms with Gasteiger partial charge in [0.1, 0.15) is 11.6 Å². The van der Waals surface area contributed by atoms with Crippen molar-refractivity contribution < 1.29 is 22.7 Å². The zero-order valence-corrected chi connectivity index (χ0v) is 21.0. The molecule has 0 bridgehead atoms. The standard InChI is InChI=1S/C32H29F3O2/c1-3-5-7-22-10-17-28(29(33)20-22)32(36)37-25-15-13-24(14-16-25)27-19-18-26(30(34)31(27)35)23-11-8-21(6-4-2)9-12-23/h8-20H,3-7H2,1-2H3. The number of unbranched alkanes of at least 4 members (excludes halogenated alkanes) is 1. The summed E-state index contributed by atoms with van der Waals surface area (Å²) in [5, 5.41) is 0. The van der Waals surface area contributed by atoms with Gasteiger partial charge in [0, 0.05) is 11.1 Å². The molecule has 0 heterocycles. The van der Waals surface area contributed by atoms with Gasteiger partial charge in [0.05, 0.1) is 5.56 Å². The highest BCUT2D eigenvalue weighted by Crippen LogP contribution is 2.32. The lowest BCUT2D eigenvalue weighted by Gasteiger charge is -2.11. The van der Waals surface area contributed by atoms with Crippen molar-refractivity contribution >= 4 is 5.97 Å². The number of rotatable bonds is 9. The fourth-order valence-corrected chi connectivity index (χ4v) is 4.26. The van der Waals surface area contributed by atoms with Crippen molar-refractivity contribution in [1.29, 1.82) is 0 Å². The summed E-state index contributed by atoms with van der Waals surface area (Å²) in [4.78, 5) is 12.5. The van der Waals surface area contributed by atoms with E-state index in [1.807, 2.05) is 12.1 Å². The van der Waals surface area contributed by atoms with Gasteiger partial charge in [-0.3, -0.25) is 0 Å². The van der Waals surface area contributed by atoms with E-state index < -0.39 is 23.4 Å². The summed E-state index contributed by atoms with van der Waals surface area (Å²) in [5.41, 5.74) is 3.14. The largest absolute Gasteiger partial charge is 0.423 e. The Morgan fingerprint density at radius 1 is 0.676 bits per heavy atom. The third kappa shape index (κ3) is 6.11. The maximum absolute atomic E-state index is 15.0. The number of esters is 1. The van der Waals surface area contributed by atoms with E-state index in [-0.39, 0.29) is 22.4 Å². The molecule has 4 rings (SSSR count). The molecule has 0 atom stereocenters. The Morgan fingerprint density at radius 3 is 1.78 bits per heavy atom. The molecule has 0 N–H and O–H groups in total. The molecule has 37 heavy (non-hydrogen) atoms. The van der Waals surface area contributed by atoms with Crippen molar-refractivity contribution in [3.05, 3.63) is 113 Å². The fourth-order valence-electron chi connectivity index (χ4n) is 4.26. The van der Waals surface area contributed by atoms with Crippen LogP contribution >= 0.6 is 0 Å². The SMILES string of the molecule is CCCCc1ccc(C(=O)Oc2ccc(-c3ccc(-c4ccc(CCC)cc4)c(F)c3F)cc2)c(F)c1. The second kappa shape index (κ2) is 11.9. The number of carbonyl (C=O) groups is 1. The summed E-state index contributed by atoms with van der Waals surface area (Å²) in [6.07, 6.45) is 4.62. The van der Waals surface area contributed by atoms with Crippen molar-refractivity contribution in [2.45, 2.75) is 46.0 Å². The molecule has 5 heteroatoms. The number of benzene rings is 4. The normalized spacial score (nSPS) is 10.9. The minimum atomic E-state index is -0.954. The van der Waals surface area contributed by atoms with Crippen molar-refractivity contribution in [3.8, 4) is 28.0 Å². The summed E-state index contributed by atoms with van der Waals surface area (Å²) < 4.78 is 49.7. The average molecular weight is 503 g/mol. The molecule has 0 saturated carbocycles. The second-order valence-electron chi connectivity index (χ2n) is 9.07. The van der Waals surface area contributed by atoms with Crippen molar-refractivity contribution in [1.82, 2.24) is 0 Å². The predicted octanol–water partition coefficient (Wildman–Crippen LogP) is 8.95. The summed E-state index contributed by atoms with van der Waals surface area (Å²) in [6.45, 7) is 4.14. The zero-order valence-electron chi connectivity index (χ0n) is 21.0. The smallest absolute Gasteiger partial charge is 0.346 e. The number of halogens is 3. The van der Waals surface area contributed by atoms with E-state index in [4.69, 9.17) is 4.74 Å². The number of aryl methyl sites for hydroxylation is 2. The van der Waals surface area contributed by atoms with Gasteiger partial charge in [0.15, 0.2) is 11.6 Å². The minimum absolute atomic E-state index is 0.0930. The first-order chi connectivity index (χ1) is 17.9. The van der Waals surface area contributed by atoms with Crippen LogP contribution in [0.25, 0.3) is 22.3 Å². The molecule has 0 aliphatic carbocycles. The van der Waals surface area contributed by atoms with Gasteiger partial charge < -0.3 is 4.74 Å². The lowest BCUT2D eigenvalue weighted by Crippen LogP contribution is -2.11. The molecule has 0 aliphatic heterocycles. The molecule has 2 nitrogen and oxygen atoms in total. The van der Waals surface area contributed by atoms with E-state index in [1.54, 1.807) is 24.3 Å². The summed E-state index contributed by atoms with van der Waals surface area (Å²) >= 11 is 0. The molecule has 0 radical (unpaired) electrons. The van der Waals surface area contributed by atoms with Gasteiger partial charge in [-0.1, -0.05) is 81.3 Å². The van der Waals surface area contributed by atoms with Crippen LogP contribution in [-0.4, -0.2) is 5.97 Å². The van der Waals surface area contributed by atoms with Gasteiger partial charge in [-0.15, -0.1) is 0 Å². The van der Waals surface area contributed by atoms with E-state index >= 15 is 4.39 Å². The Kier molecular flexibility index (Phi) is 8.44. The molecule has 0 fully saturated rings. The first kappa shape index (κ1) is 26.2. The maximum atomic E-state index is 15.0. The first-order valence-electron chi connectivity index (χ1n) is 12.6. The quantitative estimate of drug-likeness (QED) is 0.169. The zero-order chi connectivity index (χ0) is 26.4. The summed E-state index contributed by atoms with van der Waals surface area (Å²) in [5.74, 6) is -3.15. The van der Waals surface area contributed by atoms with E-state index in [1.165, 1.54) is 42.5 Å². The molecule has 0 aliphatic rings. The van der Waals surface area contributed by atoms with Crippen molar-refractivity contribution in [2.75, 3.05) is 0 Å². The predicted molar refractivity (Wildman–Crippen MR) is 141 cm³/mol.